The third-order valence-electron chi connectivity index (χ3n) is 2.58. The number of halogens is 1. The minimum Gasteiger partial charge on any atom is -0.349 e. The van der Waals surface area contributed by atoms with Crippen molar-refractivity contribution in [3.63, 3.8) is 0 Å². The number of amides is 1. The van der Waals surface area contributed by atoms with Gasteiger partial charge in [0.1, 0.15) is 5.69 Å². The highest BCUT2D eigenvalue weighted by molar-refractivity contribution is 6.32. The molecule has 0 saturated heterocycles. The molecule has 0 aliphatic carbocycles. The molecular weight excluding hydrogens is 300 g/mol. The van der Waals surface area contributed by atoms with Gasteiger partial charge in [-0.2, -0.15) is 0 Å². The molecule has 1 aromatic heterocycles. The van der Waals surface area contributed by atoms with Crippen LogP contribution in [0, 0.1) is 10.1 Å². The maximum Gasteiger partial charge on any atom is 0.271 e. The molecule has 0 spiro atoms. The molecule has 21 heavy (non-hydrogen) atoms. The fraction of sp³-hybridized carbons (Fsp3) is 0.182. The van der Waals surface area contributed by atoms with Crippen molar-refractivity contribution in [3.8, 4) is 5.69 Å². The van der Waals surface area contributed by atoms with Gasteiger partial charge < -0.3 is 11.1 Å². The van der Waals surface area contributed by atoms with Crippen LogP contribution in [0.15, 0.2) is 24.4 Å². The monoisotopic (exact) mass is 310 g/mol. The Morgan fingerprint density at radius 3 is 2.95 bits per heavy atom. The molecule has 0 unspecified atom stereocenters. The number of nitro groups is 1. The second kappa shape index (κ2) is 6.29. The molecule has 2 aromatic rings. The van der Waals surface area contributed by atoms with Crippen LogP contribution in [0.5, 0.6) is 0 Å². The summed E-state index contributed by atoms with van der Waals surface area (Å²) in [5.74, 6) is -0.321. The lowest BCUT2D eigenvalue weighted by molar-refractivity contribution is -0.384. The van der Waals surface area contributed by atoms with Crippen molar-refractivity contribution in [2.45, 2.75) is 6.54 Å². The summed E-state index contributed by atoms with van der Waals surface area (Å²) < 4.78 is 1.30. The second-order valence-corrected chi connectivity index (χ2v) is 4.44. The van der Waals surface area contributed by atoms with E-state index in [9.17, 15) is 14.9 Å². The van der Waals surface area contributed by atoms with Crippen LogP contribution in [0.25, 0.3) is 5.69 Å². The van der Waals surface area contributed by atoms with E-state index in [1.807, 2.05) is 0 Å². The zero-order valence-corrected chi connectivity index (χ0v) is 11.4. The highest BCUT2D eigenvalue weighted by Gasteiger charge is 2.13. The molecule has 1 heterocycles. The number of carbonyl (C=O) groups is 1. The van der Waals surface area contributed by atoms with Gasteiger partial charge in [0.15, 0.2) is 0 Å². The summed E-state index contributed by atoms with van der Waals surface area (Å²) in [5.41, 5.74) is 5.85. The molecule has 1 amide bonds. The van der Waals surface area contributed by atoms with E-state index in [1.54, 1.807) is 0 Å². The Balaban J connectivity index is 2.23. The zero-order chi connectivity index (χ0) is 15.4. The van der Waals surface area contributed by atoms with Crippen molar-refractivity contribution in [2.75, 3.05) is 6.54 Å². The van der Waals surface area contributed by atoms with Gasteiger partial charge in [-0.05, 0) is 6.07 Å². The van der Waals surface area contributed by atoms with Crippen LogP contribution in [0.1, 0.15) is 5.69 Å². The summed E-state index contributed by atoms with van der Waals surface area (Å²) in [7, 11) is 0. The molecule has 0 saturated carbocycles. The van der Waals surface area contributed by atoms with Crippen LogP contribution in [-0.4, -0.2) is 32.4 Å². The summed E-state index contributed by atoms with van der Waals surface area (Å²) in [6.45, 7) is 0.0351. The van der Waals surface area contributed by atoms with Crippen LogP contribution in [0.3, 0.4) is 0 Å². The van der Waals surface area contributed by atoms with E-state index in [2.05, 4.69) is 15.6 Å². The number of hydrogen-bond donors (Lipinski definition) is 2. The van der Waals surface area contributed by atoms with E-state index in [0.29, 0.717) is 16.4 Å². The number of benzene rings is 1. The van der Waals surface area contributed by atoms with Crippen LogP contribution >= 0.6 is 11.6 Å². The van der Waals surface area contributed by atoms with Crippen molar-refractivity contribution in [1.82, 2.24) is 20.3 Å². The minimum absolute atomic E-state index is 0.108. The first-order chi connectivity index (χ1) is 10.0. The van der Waals surface area contributed by atoms with Gasteiger partial charge in [-0.25, -0.2) is 4.68 Å². The lowest BCUT2D eigenvalue weighted by Crippen LogP contribution is -2.29. The zero-order valence-electron chi connectivity index (χ0n) is 10.7. The van der Waals surface area contributed by atoms with E-state index in [0.717, 1.165) is 0 Å². The standard InChI is InChI=1S/C11H11ClN6O3/c12-9-2-1-8(18(20)21)3-10(9)17-6-7(15-16-17)5-14-11(19)4-13/h1-3,6H,4-5,13H2,(H,14,19). The van der Waals surface area contributed by atoms with Gasteiger partial charge in [0, 0.05) is 12.1 Å². The van der Waals surface area contributed by atoms with Gasteiger partial charge in [0.2, 0.25) is 5.91 Å². The molecule has 2 rings (SSSR count). The number of hydrogen-bond acceptors (Lipinski definition) is 6. The molecule has 1 aromatic carbocycles. The SMILES string of the molecule is NCC(=O)NCc1cn(-c2cc([N+](=O)[O-])ccc2Cl)nn1. The fourth-order valence-corrected chi connectivity index (χ4v) is 1.75. The largest absolute Gasteiger partial charge is 0.349 e. The quantitative estimate of drug-likeness (QED) is 0.607. The lowest BCUT2D eigenvalue weighted by atomic mass is 10.3. The maximum atomic E-state index is 11.0. The van der Waals surface area contributed by atoms with E-state index in [1.165, 1.54) is 29.1 Å². The average molecular weight is 311 g/mol. The molecule has 110 valence electrons. The van der Waals surface area contributed by atoms with Crippen LogP contribution < -0.4 is 11.1 Å². The predicted molar refractivity (Wildman–Crippen MR) is 73.9 cm³/mol. The number of nitrogens with zero attached hydrogens (tertiary/aromatic N) is 4. The summed E-state index contributed by atoms with van der Waals surface area (Å²) in [4.78, 5) is 21.3. The Labute approximate surface area is 123 Å². The second-order valence-electron chi connectivity index (χ2n) is 4.03. The first-order valence-electron chi connectivity index (χ1n) is 5.83. The highest BCUT2D eigenvalue weighted by atomic mass is 35.5. The Hall–Kier alpha value is -2.52. The van der Waals surface area contributed by atoms with Crippen molar-refractivity contribution in [1.29, 1.82) is 0 Å². The lowest BCUT2D eigenvalue weighted by Gasteiger charge is -2.02. The van der Waals surface area contributed by atoms with Crippen LogP contribution in [0.4, 0.5) is 5.69 Å². The molecule has 0 radical (unpaired) electrons. The number of nitrogens with one attached hydrogen (secondary N) is 1. The first kappa shape index (κ1) is 14.9. The van der Waals surface area contributed by atoms with E-state index >= 15 is 0 Å². The van der Waals surface area contributed by atoms with Crippen molar-refractivity contribution < 1.29 is 9.72 Å². The first-order valence-corrected chi connectivity index (χ1v) is 6.21. The van der Waals surface area contributed by atoms with Gasteiger partial charge in [-0.3, -0.25) is 14.9 Å². The predicted octanol–water partition coefficient (Wildman–Crippen LogP) is 0.404. The molecule has 3 N–H and O–H groups in total. The van der Waals surface area contributed by atoms with Crippen molar-refractivity contribution in [2.24, 2.45) is 5.73 Å². The molecule has 0 atom stereocenters. The maximum absolute atomic E-state index is 11.0. The fourth-order valence-electron chi connectivity index (χ4n) is 1.55. The Morgan fingerprint density at radius 1 is 1.52 bits per heavy atom. The summed E-state index contributed by atoms with van der Waals surface area (Å²) in [6.07, 6.45) is 1.52. The Kier molecular flexibility index (Phi) is 4.45. The van der Waals surface area contributed by atoms with Gasteiger partial charge in [-0.15, -0.1) is 5.10 Å². The van der Waals surface area contributed by atoms with Crippen LogP contribution in [-0.2, 0) is 11.3 Å². The smallest absolute Gasteiger partial charge is 0.271 e. The van der Waals surface area contributed by atoms with E-state index < -0.39 is 4.92 Å². The molecule has 0 aliphatic rings. The van der Waals surface area contributed by atoms with E-state index in [-0.39, 0.29) is 24.7 Å². The average Bonchev–Trinajstić information content (AvgIpc) is 2.93. The summed E-state index contributed by atoms with van der Waals surface area (Å²) in [5, 5.41) is 21.3. The number of carbonyl (C=O) groups excluding carboxylic acids is 1. The topological polar surface area (TPSA) is 129 Å². The van der Waals surface area contributed by atoms with Gasteiger partial charge >= 0.3 is 0 Å². The molecule has 10 heteroatoms. The molecular formula is C11H11ClN6O3. The number of nitro benzene ring substituents is 1. The molecule has 0 fully saturated rings. The third-order valence-corrected chi connectivity index (χ3v) is 2.90. The number of rotatable bonds is 5. The number of non-ortho nitro benzene ring substituents is 1. The molecule has 0 aliphatic heterocycles. The number of nitrogens with two attached hydrogens (primary N) is 1. The van der Waals surface area contributed by atoms with Gasteiger partial charge in [-0.1, -0.05) is 16.8 Å². The summed E-state index contributed by atoms with van der Waals surface area (Å²) in [6, 6.07) is 4.00. The van der Waals surface area contributed by atoms with Crippen LogP contribution in [0.2, 0.25) is 5.02 Å². The minimum atomic E-state index is -0.529. The summed E-state index contributed by atoms with van der Waals surface area (Å²) >= 11 is 6.00. The van der Waals surface area contributed by atoms with Gasteiger partial charge in [0.05, 0.1) is 34.9 Å². The van der Waals surface area contributed by atoms with Crippen molar-refractivity contribution >= 4 is 23.2 Å². The van der Waals surface area contributed by atoms with Crippen molar-refractivity contribution in [3.05, 3.63) is 45.2 Å². The van der Waals surface area contributed by atoms with E-state index in [4.69, 9.17) is 17.3 Å². The highest BCUT2D eigenvalue weighted by Crippen LogP contribution is 2.24. The normalized spacial score (nSPS) is 10.4. The number of aromatic nitrogens is 3. The van der Waals surface area contributed by atoms with Gasteiger partial charge in [0.25, 0.3) is 5.69 Å². The third kappa shape index (κ3) is 3.52. The Morgan fingerprint density at radius 2 is 2.29 bits per heavy atom. The molecule has 0 bridgehead atoms. The molecule has 9 nitrogen and oxygen atoms in total. The Bertz CT molecular complexity index is 686.